The molecular weight excluding hydrogens is 343 g/mol. The van der Waals surface area contributed by atoms with E-state index in [1.807, 2.05) is 12.1 Å². The summed E-state index contributed by atoms with van der Waals surface area (Å²) in [6, 6.07) is 8.66. The van der Waals surface area contributed by atoms with Crippen LogP contribution in [-0.4, -0.2) is 15.3 Å². The van der Waals surface area contributed by atoms with Crippen LogP contribution in [-0.2, 0) is 17.4 Å². The van der Waals surface area contributed by atoms with E-state index < -0.39 is 22.7 Å². The molecule has 0 fully saturated rings. The Kier molecular flexibility index (Phi) is 4.19. The van der Waals surface area contributed by atoms with Crippen molar-refractivity contribution in [3.63, 3.8) is 0 Å². The minimum atomic E-state index is -4.58. The van der Waals surface area contributed by atoms with Crippen LogP contribution in [0.5, 0.6) is 0 Å². The summed E-state index contributed by atoms with van der Waals surface area (Å²) in [6.45, 7) is 0. The summed E-state index contributed by atoms with van der Waals surface area (Å²) < 4.78 is 40.2. The van der Waals surface area contributed by atoms with Gasteiger partial charge in [-0.05, 0) is 30.3 Å². The molecule has 1 aromatic carbocycles. The van der Waals surface area contributed by atoms with E-state index in [0.717, 1.165) is 12.1 Å². The molecule has 0 aliphatic heterocycles. The van der Waals surface area contributed by atoms with Crippen molar-refractivity contribution in [2.75, 3.05) is 5.32 Å². The van der Waals surface area contributed by atoms with Crippen molar-refractivity contribution in [1.82, 2.24) is 9.38 Å². The molecule has 0 bridgehead atoms. The van der Waals surface area contributed by atoms with Crippen LogP contribution in [0.4, 0.5) is 18.9 Å². The molecule has 0 aliphatic carbocycles. The van der Waals surface area contributed by atoms with Crippen LogP contribution in [0.2, 0.25) is 5.02 Å². The lowest BCUT2D eigenvalue weighted by Crippen LogP contribution is -2.15. The van der Waals surface area contributed by atoms with Gasteiger partial charge in [-0.2, -0.15) is 13.2 Å². The van der Waals surface area contributed by atoms with Crippen molar-refractivity contribution in [2.45, 2.75) is 12.6 Å². The molecular formula is C16H11ClF3N3O. The second-order valence-electron chi connectivity index (χ2n) is 5.12. The Bertz CT molecular complexity index is 872. The lowest BCUT2D eigenvalue weighted by molar-refractivity contribution is -0.137. The molecule has 0 saturated carbocycles. The van der Waals surface area contributed by atoms with Gasteiger partial charge in [0.05, 0.1) is 22.7 Å². The number of imidazole rings is 1. The zero-order chi connectivity index (χ0) is 17.3. The highest BCUT2D eigenvalue weighted by atomic mass is 35.5. The van der Waals surface area contributed by atoms with Crippen LogP contribution in [0.3, 0.4) is 0 Å². The Labute approximate surface area is 139 Å². The molecule has 0 spiro atoms. The fourth-order valence-corrected chi connectivity index (χ4v) is 2.49. The Morgan fingerprint density at radius 2 is 2.04 bits per heavy atom. The molecule has 1 N–H and O–H groups in total. The molecule has 1 amide bonds. The van der Waals surface area contributed by atoms with Gasteiger partial charge in [0.2, 0.25) is 5.91 Å². The average Bonchev–Trinajstić information content (AvgIpc) is 2.90. The number of fused-ring (bicyclic) bond motifs is 1. The van der Waals surface area contributed by atoms with E-state index in [4.69, 9.17) is 11.6 Å². The first-order chi connectivity index (χ1) is 11.3. The van der Waals surface area contributed by atoms with Crippen LogP contribution in [0.25, 0.3) is 5.65 Å². The summed E-state index contributed by atoms with van der Waals surface area (Å²) in [7, 11) is 0. The van der Waals surface area contributed by atoms with Gasteiger partial charge in [0.25, 0.3) is 0 Å². The fourth-order valence-electron chi connectivity index (χ4n) is 2.26. The molecule has 0 unspecified atom stereocenters. The molecule has 8 heteroatoms. The van der Waals surface area contributed by atoms with E-state index in [1.165, 1.54) is 6.07 Å². The van der Waals surface area contributed by atoms with Gasteiger partial charge >= 0.3 is 6.18 Å². The summed E-state index contributed by atoms with van der Waals surface area (Å²) in [6.07, 6.45) is -1.15. The van der Waals surface area contributed by atoms with Crippen LogP contribution in [0, 0.1) is 0 Å². The van der Waals surface area contributed by atoms with Gasteiger partial charge in [-0.3, -0.25) is 4.79 Å². The minimum absolute atomic E-state index is 0.0282. The highest BCUT2D eigenvalue weighted by molar-refractivity contribution is 6.31. The second kappa shape index (κ2) is 6.16. The average molecular weight is 354 g/mol. The minimum Gasteiger partial charge on any atom is -0.326 e. The zero-order valence-electron chi connectivity index (χ0n) is 12.1. The summed E-state index contributed by atoms with van der Waals surface area (Å²) in [5.41, 5.74) is 0.241. The number of carbonyl (C=O) groups is 1. The number of hydrogen-bond acceptors (Lipinski definition) is 2. The number of pyridine rings is 1. The number of hydrogen-bond donors (Lipinski definition) is 1. The number of aromatic nitrogens is 2. The van der Waals surface area contributed by atoms with E-state index in [0.29, 0.717) is 11.3 Å². The number of amides is 1. The van der Waals surface area contributed by atoms with Crippen LogP contribution in [0.15, 0.2) is 48.8 Å². The topological polar surface area (TPSA) is 46.4 Å². The maximum absolute atomic E-state index is 12.8. The maximum Gasteiger partial charge on any atom is 0.417 e. The van der Waals surface area contributed by atoms with Crippen LogP contribution in [0.1, 0.15) is 11.3 Å². The predicted octanol–water partition coefficient (Wildman–Crippen LogP) is 4.19. The molecule has 0 aliphatic rings. The second-order valence-corrected chi connectivity index (χ2v) is 5.52. The third kappa shape index (κ3) is 3.51. The number of nitrogens with zero attached hydrogens (tertiary/aromatic N) is 2. The molecule has 124 valence electrons. The third-order valence-electron chi connectivity index (χ3n) is 3.31. The number of benzene rings is 1. The molecule has 4 nitrogen and oxygen atoms in total. The number of halogens is 4. The summed E-state index contributed by atoms with van der Waals surface area (Å²) in [5, 5.41) is 2.01. The Hall–Kier alpha value is -2.54. The molecule has 3 rings (SSSR count). The van der Waals surface area contributed by atoms with E-state index in [2.05, 4.69) is 10.3 Å². The van der Waals surface area contributed by atoms with Gasteiger partial charge in [0.1, 0.15) is 5.65 Å². The van der Waals surface area contributed by atoms with Crippen molar-refractivity contribution in [1.29, 1.82) is 0 Å². The highest BCUT2D eigenvalue weighted by Crippen LogP contribution is 2.36. The van der Waals surface area contributed by atoms with E-state index in [1.54, 1.807) is 22.9 Å². The summed E-state index contributed by atoms with van der Waals surface area (Å²) in [5.74, 6) is -0.464. The molecule has 2 heterocycles. The highest BCUT2D eigenvalue weighted by Gasteiger charge is 2.33. The number of carbonyl (C=O) groups excluding carboxylic acids is 1. The number of alkyl halides is 3. The standard InChI is InChI=1S/C16H11ClF3N3O/c17-13-5-4-10(7-12(13)16(18,19)20)22-15(24)8-11-9-23-6-2-1-3-14(23)21-11/h1-7,9H,8H2,(H,22,24). The van der Waals surface area contributed by atoms with Crippen molar-refractivity contribution < 1.29 is 18.0 Å². The van der Waals surface area contributed by atoms with Crippen molar-refractivity contribution >= 4 is 28.8 Å². The van der Waals surface area contributed by atoms with Gasteiger partial charge < -0.3 is 9.72 Å². The Morgan fingerprint density at radius 1 is 1.25 bits per heavy atom. The molecule has 24 heavy (non-hydrogen) atoms. The molecule has 0 atom stereocenters. The monoisotopic (exact) mass is 353 g/mol. The first-order valence-electron chi connectivity index (χ1n) is 6.92. The first kappa shape index (κ1) is 16.3. The van der Waals surface area contributed by atoms with Crippen molar-refractivity contribution in [2.24, 2.45) is 0 Å². The maximum atomic E-state index is 12.8. The zero-order valence-corrected chi connectivity index (χ0v) is 12.9. The van der Waals surface area contributed by atoms with Gasteiger partial charge in [-0.1, -0.05) is 17.7 Å². The number of rotatable bonds is 3. The van der Waals surface area contributed by atoms with Gasteiger partial charge in [0.15, 0.2) is 0 Å². The van der Waals surface area contributed by atoms with E-state index >= 15 is 0 Å². The lowest BCUT2D eigenvalue weighted by Gasteiger charge is -2.11. The van der Waals surface area contributed by atoms with Gasteiger partial charge in [0, 0.05) is 18.1 Å². The normalized spacial score (nSPS) is 11.7. The summed E-state index contributed by atoms with van der Waals surface area (Å²) >= 11 is 5.55. The Morgan fingerprint density at radius 3 is 2.75 bits per heavy atom. The number of nitrogens with one attached hydrogen (secondary N) is 1. The first-order valence-corrected chi connectivity index (χ1v) is 7.30. The third-order valence-corrected chi connectivity index (χ3v) is 3.64. The van der Waals surface area contributed by atoms with Crippen LogP contribution >= 0.6 is 11.6 Å². The smallest absolute Gasteiger partial charge is 0.326 e. The van der Waals surface area contributed by atoms with E-state index in [-0.39, 0.29) is 12.1 Å². The molecule has 3 aromatic rings. The summed E-state index contributed by atoms with van der Waals surface area (Å²) in [4.78, 5) is 16.3. The van der Waals surface area contributed by atoms with Gasteiger partial charge in [-0.15, -0.1) is 0 Å². The predicted molar refractivity (Wildman–Crippen MR) is 84.0 cm³/mol. The SMILES string of the molecule is O=C(Cc1cn2ccccc2n1)Nc1ccc(Cl)c(C(F)(F)F)c1. The molecule has 0 radical (unpaired) electrons. The number of anilines is 1. The fraction of sp³-hybridized carbons (Fsp3) is 0.125. The van der Waals surface area contributed by atoms with Crippen molar-refractivity contribution in [3.8, 4) is 0 Å². The molecule has 0 saturated heterocycles. The quantitative estimate of drug-likeness (QED) is 0.767. The Balaban J connectivity index is 1.75. The van der Waals surface area contributed by atoms with Crippen molar-refractivity contribution in [3.05, 3.63) is 65.1 Å². The van der Waals surface area contributed by atoms with Gasteiger partial charge in [-0.25, -0.2) is 4.98 Å². The van der Waals surface area contributed by atoms with E-state index in [9.17, 15) is 18.0 Å². The van der Waals surface area contributed by atoms with Crippen LogP contribution < -0.4 is 5.32 Å². The lowest BCUT2D eigenvalue weighted by atomic mass is 10.2. The largest absolute Gasteiger partial charge is 0.417 e. The molecule has 2 aromatic heterocycles.